The molecule has 1 aromatic carbocycles. The Labute approximate surface area is 131 Å². The molecule has 108 valence electrons. The van der Waals surface area contributed by atoms with Crippen LogP contribution in [-0.2, 0) is 12.8 Å². The summed E-state index contributed by atoms with van der Waals surface area (Å²) in [4.78, 5) is 20.6. The Bertz CT molecular complexity index is 689. The zero-order valence-corrected chi connectivity index (χ0v) is 12.9. The molecular formula is C15H15BrN4O. The van der Waals surface area contributed by atoms with Gasteiger partial charge in [0.2, 0.25) is 5.95 Å². The molecule has 0 radical (unpaired) electrons. The number of carbonyl (C=O) groups excluding carboxylic acids is 1. The number of nitrogens with zero attached hydrogens (tertiary/aromatic N) is 2. The van der Waals surface area contributed by atoms with Gasteiger partial charge in [-0.25, -0.2) is 9.97 Å². The number of halogens is 1. The topological polar surface area (TPSA) is 80.9 Å². The number of hydrogen-bond acceptors (Lipinski definition) is 4. The lowest BCUT2D eigenvalue weighted by Crippen LogP contribution is -2.39. The number of carbonyl (C=O) groups is 1. The van der Waals surface area contributed by atoms with Gasteiger partial charge in [-0.2, -0.15) is 0 Å². The minimum Gasteiger partial charge on any atom is -0.368 e. The van der Waals surface area contributed by atoms with E-state index in [-0.39, 0.29) is 11.9 Å². The second-order valence-corrected chi connectivity index (χ2v) is 5.95. The van der Waals surface area contributed by atoms with Gasteiger partial charge in [0.1, 0.15) is 0 Å². The maximum absolute atomic E-state index is 12.3. The Balaban J connectivity index is 1.71. The number of nitrogens with two attached hydrogens (primary N) is 1. The highest BCUT2D eigenvalue weighted by molar-refractivity contribution is 9.10. The number of aromatic nitrogens is 2. The number of fused-ring (bicyclic) bond motifs is 1. The number of nitrogen functional groups attached to an aromatic ring is 1. The average molecular weight is 347 g/mol. The molecule has 5 nitrogen and oxygen atoms in total. The van der Waals surface area contributed by atoms with Crippen LogP contribution in [0.15, 0.2) is 34.9 Å². The van der Waals surface area contributed by atoms with Crippen molar-refractivity contribution in [2.45, 2.75) is 25.3 Å². The summed E-state index contributed by atoms with van der Waals surface area (Å²) >= 11 is 3.40. The summed E-state index contributed by atoms with van der Waals surface area (Å²) in [5, 5.41) is 3.08. The third kappa shape index (κ3) is 3.05. The van der Waals surface area contributed by atoms with Crippen molar-refractivity contribution in [2.75, 3.05) is 5.73 Å². The van der Waals surface area contributed by atoms with E-state index in [0.717, 1.165) is 35.0 Å². The van der Waals surface area contributed by atoms with Gasteiger partial charge in [0.05, 0.1) is 5.56 Å². The van der Waals surface area contributed by atoms with E-state index < -0.39 is 0 Å². The molecule has 0 saturated heterocycles. The summed E-state index contributed by atoms with van der Waals surface area (Å²) in [6, 6.07) is 7.51. The third-order valence-electron chi connectivity index (χ3n) is 3.62. The Morgan fingerprint density at radius 1 is 1.38 bits per heavy atom. The van der Waals surface area contributed by atoms with Crippen molar-refractivity contribution < 1.29 is 4.79 Å². The van der Waals surface area contributed by atoms with Gasteiger partial charge in [0.15, 0.2) is 0 Å². The van der Waals surface area contributed by atoms with Crippen LogP contribution in [0.25, 0.3) is 0 Å². The van der Waals surface area contributed by atoms with E-state index in [9.17, 15) is 4.79 Å². The van der Waals surface area contributed by atoms with Gasteiger partial charge in [-0.1, -0.05) is 12.1 Å². The molecule has 1 aliphatic carbocycles. The van der Waals surface area contributed by atoms with Gasteiger partial charge < -0.3 is 11.1 Å². The third-order valence-corrected chi connectivity index (χ3v) is 4.31. The van der Waals surface area contributed by atoms with E-state index in [1.165, 1.54) is 0 Å². The summed E-state index contributed by atoms with van der Waals surface area (Å²) in [5.74, 6) is 0.247. The van der Waals surface area contributed by atoms with Crippen molar-refractivity contribution in [3.05, 3.63) is 51.8 Å². The lowest BCUT2D eigenvalue weighted by Gasteiger charge is -2.24. The molecule has 2 aromatic rings. The van der Waals surface area contributed by atoms with Crippen LogP contribution in [0.1, 0.15) is 28.0 Å². The second kappa shape index (κ2) is 5.81. The molecular weight excluding hydrogens is 332 g/mol. The largest absolute Gasteiger partial charge is 0.368 e. The Hall–Kier alpha value is -1.95. The summed E-state index contributed by atoms with van der Waals surface area (Å²) < 4.78 is 0.801. The van der Waals surface area contributed by atoms with E-state index in [2.05, 4.69) is 31.2 Å². The monoisotopic (exact) mass is 346 g/mol. The fourth-order valence-corrected chi connectivity index (χ4v) is 3.02. The number of nitrogens with one attached hydrogen (secondary N) is 1. The quantitative estimate of drug-likeness (QED) is 0.872. The van der Waals surface area contributed by atoms with E-state index in [1.807, 2.05) is 18.2 Å². The molecule has 1 aliphatic rings. The van der Waals surface area contributed by atoms with E-state index in [4.69, 9.17) is 5.73 Å². The lowest BCUT2D eigenvalue weighted by atomic mass is 9.92. The maximum Gasteiger partial charge on any atom is 0.252 e. The first-order chi connectivity index (χ1) is 10.1. The zero-order valence-electron chi connectivity index (χ0n) is 11.3. The smallest absolute Gasteiger partial charge is 0.252 e. The van der Waals surface area contributed by atoms with Gasteiger partial charge in [-0.3, -0.25) is 4.79 Å². The summed E-state index contributed by atoms with van der Waals surface area (Å²) in [6.45, 7) is 0. The van der Waals surface area contributed by atoms with Crippen LogP contribution in [-0.4, -0.2) is 21.9 Å². The first-order valence-electron chi connectivity index (χ1n) is 6.79. The number of aryl methyl sites for hydroxylation is 1. The first kappa shape index (κ1) is 14.0. The van der Waals surface area contributed by atoms with Crippen LogP contribution in [0.4, 0.5) is 5.95 Å². The zero-order chi connectivity index (χ0) is 14.8. The lowest BCUT2D eigenvalue weighted by molar-refractivity contribution is 0.0932. The van der Waals surface area contributed by atoms with Crippen LogP contribution in [0.2, 0.25) is 0 Å². The maximum atomic E-state index is 12.3. The first-order valence-corrected chi connectivity index (χ1v) is 7.58. The standard InChI is InChI=1S/C15H15BrN4O/c16-12-4-2-1-3-11(12)14(21)19-10-5-6-13-9(7-10)8-18-15(17)20-13/h1-4,8,10H,5-7H2,(H,19,21)(H2,17,18,20). The van der Waals surface area contributed by atoms with Crippen molar-refractivity contribution >= 4 is 27.8 Å². The highest BCUT2D eigenvalue weighted by atomic mass is 79.9. The van der Waals surface area contributed by atoms with Gasteiger partial charge in [0.25, 0.3) is 5.91 Å². The molecule has 0 fully saturated rings. The summed E-state index contributed by atoms with van der Waals surface area (Å²) in [6.07, 6.45) is 4.17. The Kier molecular flexibility index (Phi) is 3.88. The van der Waals surface area contributed by atoms with Gasteiger partial charge >= 0.3 is 0 Å². The van der Waals surface area contributed by atoms with Gasteiger partial charge in [-0.05, 0) is 52.9 Å². The molecule has 0 aliphatic heterocycles. The SMILES string of the molecule is Nc1ncc2c(n1)CCC(NC(=O)c1ccccc1Br)C2. The highest BCUT2D eigenvalue weighted by Gasteiger charge is 2.22. The predicted molar refractivity (Wildman–Crippen MR) is 83.9 cm³/mol. The molecule has 0 spiro atoms. The van der Waals surface area contributed by atoms with Crippen LogP contribution in [0.3, 0.4) is 0 Å². The van der Waals surface area contributed by atoms with E-state index in [0.29, 0.717) is 11.5 Å². The molecule has 0 bridgehead atoms. The molecule has 1 heterocycles. The number of rotatable bonds is 2. The fourth-order valence-electron chi connectivity index (χ4n) is 2.55. The van der Waals surface area contributed by atoms with Gasteiger partial charge in [-0.15, -0.1) is 0 Å². The number of anilines is 1. The highest BCUT2D eigenvalue weighted by Crippen LogP contribution is 2.21. The number of amides is 1. The molecule has 1 unspecified atom stereocenters. The molecule has 21 heavy (non-hydrogen) atoms. The van der Waals surface area contributed by atoms with Crippen LogP contribution >= 0.6 is 15.9 Å². The minimum absolute atomic E-state index is 0.0627. The molecule has 6 heteroatoms. The molecule has 1 amide bonds. The summed E-state index contributed by atoms with van der Waals surface area (Å²) in [7, 11) is 0. The van der Waals surface area contributed by atoms with Crippen molar-refractivity contribution in [3.8, 4) is 0 Å². The van der Waals surface area contributed by atoms with Crippen molar-refractivity contribution in [1.82, 2.24) is 15.3 Å². The normalized spacial score (nSPS) is 17.1. The summed E-state index contributed by atoms with van der Waals surface area (Å²) in [5.41, 5.74) is 8.30. The van der Waals surface area contributed by atoms with E-state index in [1.54, 1.807) is 12.3 Å². The van der Waals surface area contributed by atoms with Crippen molar-refractivity contribution in [1.29, 1.82) is 0 Å². The van der Waals surface area contributed by atoms with Gasteiger partial charge in [0, 0.05) is 22.4 Å². The molecule has 1 aromatic heterocycles. The Morgan fingerprint density at radius 3 is 3.00 bits per heavy atom. The van der Waals surface area contributed by atoms with Crippen LogP contribution in [0.5, 0.6) is 0 Å². The molecule has 3 N–H and O–H groups in total. The minimum atomic E-state index is -0.0627. The molecule has 1 atom stereocenters. The second-order valence-electron chi connectivity index (χ2n) is 5.09. The van der Waals surface area contributed by atoms with Crippen LogP contribution < -0.4 is 11.1 Å². The number of hydrogen-bond donors (Lipinski definition) is 2. The predicted octanol–water partition coefficient (Wildman–Crippen LogP) is 2.11. The number of benzene rings is 1. The van der Waals surface area contributed by atoms with Crippen LogP contribution in [0, 0.1) is 0 Å². The molecule has 3 rings (SSSR count). The average Bonchev–Trinajstić information content (AvgIpc) is 2.48. The molecule has 0 saturated carbocycles. The van der Waals surface area contributed by atoms with E-state index >= 15 is 0 Å². The van der Waals surface area contributed by atoms with Crippen molar-refractivity contribution in [2.24, 2.45) is 0 Å². The van der Waals surface area contributed by atoms with Crippen molar-refractivity contribution in [3.63, 3.8) is 0 Å². The fraction of sp³-hybridized carbons (Fsp3) is 0.267. The Morgan fingerprint density at radius 2 is 2.19 bits per heavy atom.